The molecule has 176 valence electrons. The summed E-state index contributed by atoms with van der Waals surface area (Å²) in [7, 11) is -3.85. The van der Waals surface area contributed by atoms with Crippen molar-refractivity contribution in [3.63, 3.8) is 0 Å². The zero-order valence-electron chi connectivity index (χ0n) is 18.8. The van der Waals surface area contributed by atoms with E-state index >= 15 is 0 Å². The summed E-state index contributed by atoms with van der Waals surface area (Å²) >= 11 is 0. The third kappa shape index (κ3) is 5.31. The summed E-state index contributed by atoms with van der Waals surface area (Å²) in [6.07, 6.45) is 1.46. The Morgan fingerprint density at radius 1 is 1.00 bits per heavy atom. The van der Waals surface area contributed by atoms with E-state index < -0.39 is 10.0 Å². The van der Waals surface area contributed by atoms with E-state index in [4.69, 9.17) is 10.2 Å². The molecule has 3 N–H and O–H groups in total. The number of aryl methyl sites for hydroxylation is 3. The number of rotatable bonds is 9. The second kappa shape index (κ2) is 10.3. The van der Waals surface area contributed by atoms with Crippen LogP contribution in [0.15, 0.2) is 57.1 Å². The first kappa shape index (κ1) is 24.6. The molecule has 2 aromatic carbocycles. The van der Waals surface area contributed by atoms with Crippen LogP contribution >= 0.6 is 0 Å². The number of aliphatic hydroxyl groups is 2. The lowest BCUT2D eigenvalue weighted by molar-refractivity contribution is 0.217. The molecule has 10 heteroatoms. The molecule has 3 aromatic rings. The fourth-order valence-electron chi connectivity index (χ4n) is 3.33. The van der Waals surface area contributed by atoms with Gasteiger partial charge in [0.15, 0.2) is 0 Å². The van der Waals surface area contributed by atoms with Crippen molar-refractivity contribution in [2.45, 2.75) is 25.7 Å². The second-order valence-electron chi connectivity index (χ2n) is 7.66. The number of H-pyrrole nitrogens is 1. The molecule has 1 aromatic heterocycles. The molecular formula is C23H28N4O5S. The van der Waals surface area contributed by atoms with Crippen molar-refractivity contribution in [3.8, 4) is 5.69 Å². The predicted octanol–water partition coefficient (Wildman–Crippen LogP) is 1.82. The van der Waals surface area contributed by atoms with Gasteiger partial charge in [-0.3, -0.25) is 14.9 Å². The number of aliphatic hydroxyl groups excluding tert-OH is 2. The monoisotopic (exact) mass is 472 g/mol. The van der Waals surface area contributed by atoms with Crippen molar-refractivity contribution < 1.29 is 18.6 Å². The molecule has 0 atom stereocenters. The van der Waals surface area contributed by atoms with Crippen LogP contribution in [0, 0.1) is 20.8 Å². The number of hydrogen-bond acceptors (Lipinski definition) is 6. The van der Waals surface area contributed by atoms with Crippen LogP contribution in [0.3, 0.4) is 0 Å². The van der Waals surface area contributed by atoms with Crippen LogP contribution in [-0.4, -0.2) is 65.2 Å². The summed E-state index contributed by atoms with van der Waals surface area (Å²) in [4.78, 5) is 17.3. The van der Waals surface area contributed by atoms with Crippen LogP contribution in [-0.2, 0) is 10.0 Å². The molecule has 0 aliphatic carbocycles. The molecule has 0 fully saturated rings. The number of aromatic nitrogens is 2. The summed E-state index contributed by atoms with van der Waals surface area (Å²) in [5.41, 5.74) is 4.25. The Morgan fingerprint density at radius 3 is 2.21 bits per heavy atom. The maximum absolute atomic E-state index is 12.9. The van der Waals surface area contributed by atoms with Crippen molar-refractivity contribution in [1.29, 1.82) is 0 Å². The van der Waals surface area contributed by atoms with Crippen molar-refractivity contribution in [2.75, 3.05) is 26.3 Å². The second-order valence-corrected chi connectivity index (χ2v) is 9.60. The van der Waals surface area contributed by atoms with E-state index in [0.29, 0.717) is 16.9 Å². The first-order chi connectivity index (χ1) is 15.7. The standard InChI is InChI=1S/C23H28N4O5S/c1-16-4-7-20(14-17(16)2)27-23(30)22(18(3)25-27)15-24-19-5-8-21(9-6-19)33(31,32)26(10-12-28)11-13-29/h4-9,14-15,25,28-29H,10-13H2,1-3H3. The number of aromatic amines is 1. The number of nitrogens with one attached hydrogen (secondary N) is 1. The minimum atomic E-state index is -3.85. The number of benzene rings is 2. The number of aliphatic imine (C=N–C) groups is 1. The molecule has 3 rings (SSSR count). The summed E-state index contributed by atoms with van der Waals surface area (Å²) in [5, 5.41) is 21.3. The average molecular weight is 473 g/mol. The molecule has 0 unspecified atom stereocenters. The number of sulfonamides is 1. The maximum Gasteiger partial charge on any atom is 0.280 e. The Labute approximate surface area is 192 Å². The van der Waals surface area contributed by atoms with Crippen LogP contribution < -0.4 is 5.56 Å². The predicted molar refractivity (Wildman–Crippen MR) is 127 cm³/mol. The van der Waals surface area contributed by atoms with E-state index in [1.807, 2.05) is 32.0 Å². The van der Waals surface area contributed by atoms with Gasteiger partial charge in [-0.1, -0.05) is 6.07 Å². The first-order valence-corrected chi connectivity index (χ1v) is 11.9. The Bertz CT molecular complexity index is 1300. The highest BCUT2D eigenvalue weighted by Crippen LogP contribution is 2.20. The van der Waals surface area contributed by atoms with E-state index in [1.165, 1.54) is 35.2 Å². The zero-order chi connectivity index (χ0) is 24.2. The van der Waals surface area contributed by atoms with E-state index in [2.05, 4.69) is 10.1 Å². The third-order valence-corrected chi connectivity index (χ3v) is 7.29. The number of nitrogens with zero attached hydrogens (tertiary/aromatic N) is 3. The first-order valence-electron chi connectivity index (χ1n) is 10.4. The van der Waals surface area contributed by atoms with Gasteiger partial charge < -0.3 is 10.2 Å². The fraction of sp³-hybridized carbons (Fsp3) is 0.304. The Balaban J connectivity index is 1.85. The van der Waals surface area contributed by atoms with Crippen LogP contribution in [0.1, 0.15) is 22.4 Å². The van der Waals surface area contributed by atoms with Gasteiger partial charge >= 0.3 is 0 Å². The zero-order valence-corrected chi connectivity index (χ0v) is 19.6. The smallest absolute Gasteiger partial charge is 0.280 e. The molecular weight excluding hydrogens is 444 g/mol. The highest BCUT2D eigenvalue weighted by Gasteiger charge is 2.23. The summed E-state index contributed by atoms with van der Waals surface area (Å²) in [6, 6.07) is 11.6. The highest BCUT2D eigenvalue weighted by molar-refractivity contribution is 7.89. The van der Waals surface area contributed by atoms with E-state index in [-0.39, 0.29) is 36.8 Å². The molecule has 0 amide bonds. The molecule has 0 aliphatic heterocycles. The van der Waals surface area contributed by atoms with Gasteiger partial charge in [-0.05, 0) is 68.3 Å². The van der Waals surface area contributed by atoms with Crippen molar-refractivity contribution in [3.05, 3.63) is 75.2 Å². The van der Waals surface area contributed by atoms with Gasteiger partial charge in [0.1, 0.15) is 0 Å². The quantitative estimate of drug-likeness (QED) is 0.409. The lowest BCUT2D eigenvalue weighted by Crippen LogP contribution is -2.35. The molecule has 0 aliphatic rings. The van der Waals surface area contributed by atoms with Gasteiger partial charge in [0, 0.05) is 25.0 Å². The van der Waals surface area contributed by atoms with Crippen LogP contribution in [0.2, 0.25) is 0 Å². The van der Waals surface area contributed by atoms with E-state index in [9.17, 15) is 13.2 Å². The van der Waals surface area contributed by atoms with Gasteiger partial charge in [-0.15, -0.1) is 0 Å². The summed E-state index contributed by atoms with van der Waals surface area (Å²) in [6.45, 7) is 4.86. The largest absolute Gasteiger partial charge is 0.395 e. The topological polar surface area (TPSA) is 128 Å². The van der Waals surface area contributed by atoms with Crippen molar-refractivity contribution >= 4 is 21.9 Å². The fourth-order valence-corrected chi connectivity index (χ4v) is 4.75. The molecule has 0 radical (unpaired) electrons. The Morgan fingerprint density at radius 2 is 1.64 bits per heavy atom. The highest BCUT2D eigenvalue weighted by atomic mass is 32.2. The maximum atomic E-state index is 12.9. The molecule has 1 heterocycles. The number of hydrogen-bond donors (Lipinski definition) is 3. The lowest BCUT2D eigenvalue weighted by atomic mass is 10.1. The summed E-state index contributed by atoms with van der Waals surface area (Å²) < 4.78 is 27.9. The minimum Gasteiger partial charge on any atom is -0.395 e. The molecule has 9 nitrogen and oxygen atoms in total. The van der Waals surface area contributed by atoms with E-state index in [1.54, 1.807) is 6.92 Å². The molecule has 0 saturated carbocycles. The third-order valence-electron chi connectivity index (χ3n) is 5.38. The molecule has 0 spiro atoms. The lowest BCUT2D eigenvalue weighted by Gasteiger charge is -2.20. The van der Waals surface area contributed by atoms with Gasteiger partial charge in [-0.25, -0.2) is 13.1 Å². The van der Waals surface area contributed by atoms with Crippen LogP contribution in [0.4, 0.5) is 5.69 Å². The molecule has 0 saturated heterocycles. The Kier molecular flexibility index (Phi) is 7.65. The summed E-state index contributed by atoms with van der Waals surface area (Å²) in [5.74, 6) is 0. The van der Waals surface area contributed by atoms with Crippen molar-refractivity contribution in [1.82, 2.24) is 14.1 Å². The van der Waals surface area contributed by atoms with Crippen LogP contribution in [0.5, 0.6) is 0 Å². The minimum absolute atomic E-state index is 0.0262. The van der Waals surface area contributed by atoms with Gasteiger partial charge in [0.25, 0.3) is 5.56 Å². The van der Waals surface area contributed by atoms with E-state index in [0.717, 1.165) is 21.1 Å². The van der Waals surface area contributed by atoms with Gasteiger partial charge in [0.05, 0.1) is 35.0 Å². The normalized spacial score (nSPS) is 12.2. The van der Waals surface area contributed by atoms with Crippen LogP contribution in [0.25, 0.3) is 5.69 Å². The van der Waals surface area contributed by atoms with Crippen molar-refractivity contribution in [2.24, 2.45) is 4.99 Å². The van der Waals surface area contributed by atoms with Gasteiger partial charge in [-0.2, -0.15) is 4.31 Å². The molecule has 33 heavy (non-hydrogen) atoms. The SMILES string of the molecule is Cc1ccc(-n2[nH]c(C)c(C=Nc3ccc(S(=O)(=O)N(CCO)CCO)cc3)c2=O)cc1C. The Hall–Kier alpha value is -3.05. The molecule has 0 bridgehead atoms. The average Bonchev–Trinajstić information content (AvgIpc) is 3.07. The van der Waals surface area contributed by atoms with Gasteiger partial charge in [0.2, 0.25) is 10.0 Å².